The molecule has 0 aliphatic rings. The van der Waals surface area contributed by atoms with Gasteiger partial charge in [-0.3, -0.25) is 4.79 Å². The smallest absolute Gasteiger partial charge is 0.235 e. The number of nitriles is 1. The molecule has 1 unspecified atom stereocenters. The number of imidazole rings is 1. The number of rotatable bonds is 5. The van der Waals surface area contributed by atoms with Gasteiger partial charge in [-0.05, 0) is 17.7 Å². The topological polar surface area (TPSA) is 79.9 Å². The normalized spacial score (nSPS) is 11.5. The largest absolute Gasteiger partial charge is 0.497 e. The number of aryl methyl sites for hydroxylation is 1. The highest BCUT2D eigenvalue weighted by molar-refractivity contribution is 5.78. The van der Waals surface area contributed by atoms with Crippen LogP contribution >= 0.6 is 0 Å². The lowest BCUT2D eigenvalue weighted by Crippen LogP contribution is -2.30. The highest BCUT2D eigenvalue weighted by atomic mass is 16.5. The van der Waals surface area contributed by atoms with E-state index in [0.29, 0.717) is 5.82 Å². The summed E-state index contributed by atoms with van der Waals surface area (Å²) < 4.78 is 6.97. The molecule has 2 aromatic rings. The number of ether oxygens (including phenoxy) is 1. The third-order valence-electron chi connectivity index (χ3n) is 3.11. The van der Waals surface area contributed by atoms with Crippen LogP contribution in [0.5, 0.6) is 5.75 Å². The minimum atomic E-state index is -0.406. The Morgan fingerprint density at radius 1 is 1.48 bits per heavy atom. The van der Waals surface area contributed by atoms with Gasteiger partial charge in [0.25, 0.3) is 0 Å². The minimum Gasteiger partial charge on any atom is -0.497 e. The van der Waals surface area contributed by atoms with Gasteiger partial charge in [-0.1, -0.05) is 12.1 Å². The fraction of sp³-hybridized carbons (Fsp3) is 0.267. The molecule has 1 heterocycles. The number of hydrogen-bond acceptors (Lipinski definition) is 4. The SMILES string of the molecule is COc1ccc(C(NC(=O)CC#N)c2nccn2C)cc1. The molecule has 0 aliphatic heterocycles. The number of carbonyl (C=O) groups excluding carboxylic acids is 1. The number of hydrogen-bond donors (Lipinski definition) is 1. The molecule has 0 radical (unpaired) electrons. The number of carbonyl (C=O) groups is 1. The highest BCUT2D eigenvalue weighted by Gasteiger charge is 2.20. The maximum Gasteiger partial charge on any atom is 0.235 e. The lowest BCUT2D eigenvalue weighted by atomic mass is 10.1. The van der Waals surface area contributed by atoms with Gasteiger partial charge >= 0.3 is 0 Å². The van der Waals surface area contributed by atoms with Gasteiger partial charge < -0.3 is 14.6 Å². The van der Waals surface area contributed by atoms with Crippen molar-refractivity contribution in [2.24, 2.45) is 7.05 Å². The Balaban J connectivity index is 2.33. The van der Waals surface area contributed by atoms with Crippen LogP contribution in [-0.4, -0.2) is 22.6 Å². The minimum absolute atomic E-state index is 0.183. The van der Waals surface area contributed by atoms with Gasteiger partial charge in [0, 0.05) is 19.4 Å². The molecule has 21 heavy (non-hydrogen) atoms. The molecule has 1 aromatic heterocycles. The summed E-state index contributed by atoms with van der Waals surface area (Å²) in [4.78, 5) is 16.0. The van der Waals surface area contributed by atoms with Crippen LogP contribution in [0.2, 0.25) is 0 Å². The molecule has 1 N–H and O–H groups in total. The monoisotopic (exact) mass is 284 g/mol. The molecule has 108 valence electrons. The summed E-state index contributed by atoms with van der Waals surface area (Å²) in [5.74, 6) is 1.11. The summed E-state index contributed by atoms with van der Waals surface area (Å²) in [6, 6.07) is 8.81. The van der Waals surface area contributed by atoms with E-state index in [9.17, 15) is 4.79 Å². The molecule has 1 atom stereocenters. The van der Waals surface area contributed by atoms with Crippen molar-refractivity contribution < 1.29 is 9.53 Å². The maximum atomic E-state index is 11.8. The number of benzene rings is 1. The first-order valence-corrected chi connectivity index (χ1v) is 6.43. The van der Waals surface area contributed by atoms with E-state index in [4.69, 9.17) is 10.00 Å². The fourth-order valence-electron chi connectivity index (χ4n) is 2.03. The molecule has 0 bridgehead atoms. The molecule has 0 fully saturated rings. The lowest BCUT2D eigenvalue weighted by molar-refractivity contribution is -0.120. The molecule has 0 saturated carbocycles. The number of aromatic nitrogens is 2. The first-order valence-electron chi connectivity index (χ1n) is 6.43. The first kappa shape index (κ1) is 14.6. The van der Waals surface area contributed by atoms with Crippen molar-refractivity contribution in [3.63, 3.8) is 0 Å². The number of amides is 1. The van der Waals surface area contributed by atoms with Crippen molar-refractivity contribution in [3.8, 4) is 11.8 Å². The quantitative estimate of drug-likeness (QED) is 0.903. The maximum absolute atomic E-state index is 11.8. The van der Waals surface area contributed by atoms with Gasteiger partial charge in [0.2, 0.25) is 5.91 Å². The van der Waals surface area contributed by atoms with Crippen LogP contribution < -0.4 is 10.1 Å². The standard InChI is InChI=1S/C15H16N4O2/c1-19-10-9-17-15(19)14(18-13(20)7-8-16)11-3-5-12(21-2)6-4-11/h3-6,9-10,14H,7H2,1-2H3,(H,18,20). The Labute approximate surface area is 123 Å². The molecular formula is C15H16N4O2. The third-order valence-corrected chi connectivity index (χ3v) is 3.11. The first-order chi connectivity index (χ1) is 10.2. The van der Waals surface area contributed by atoms with Gasteiger partial charge in [0.05, 0.1) is 13.2 Å². The predicted molar refractivity (Wildman–Crippen MR) is 76.4 cm³/mol. The third kappa shape index (κ3) is 3.39. The molecule has 6 nitrogen and oxygen atoms in total. The zero-order chi connectivity index (χ0) is 15.2. The number of methoxy groups -OCH3 is 1. The molecule has 0 saturated heterocycles. The van der Waals surface area contributed by atoms with E-state index in [1.54, 1.807) is 13.3 Å². The van der Waals surface area contributed by atoms with Crippen molar-refractivity contribution in [2.75, 3.05) is 7.11 Å². The van der Waals surface area contributed by atoms with E-state index in [2.05, 4.69) is 10.3 Å². The van der Waals surface area contributed by atoms with Gasteiger partial charge in [-0.25, -0.2) is 4.98 Å². The Bertz CT molecular complexity index is 655. The van der Waals surface area contributed by atoms with E-state index >= 15 is 0 Å². The van der Waals surface area contributed by atoms with Crippen molar-refractivity contribution >= 4 is 5.91 Å². The molecule has 6 heteroatoms. The fourth-order valence-corrected chi connectivity index (χ4v) is 2.03. The van der Waals surface area contributed by atoms with Gasteiger partial charge in [-0.15, -0.1) is 0 Å². The number of nitrogens with zero attached hydrogens (tertiary/aromatic N) is 3. The predicted octanol–water partition coefficient (Wildman–Crippen LogP) is 1.55. The van der Waals surface area contributed by atoms with Crippen molar-refractivity contribution in [1.82, 2.24) is 14.9 Å². The zero-order valence-corrected chi connectivity index (χ0v) is 11.9. The Morgan fingerprint density at radius 3 is 2.71 bits per heavy atom. The van der Waals surface area contributed by atoms with Crippen LogP contribution in [0.3, 0.4) is 0 Å². The van der Waals surface area contributed by atoms with Crippen molar-refractivity contribution in [3.05, 3.63) is 48.0 Å². The van der Waals surface area contributed by atoms with Crippen molar-refractivity contribution in [1.29, 1.82) is 5.26 Å². The molecule has 0 aliphatic carbocycles. The molecular weight excluding hydrogens is 268 g/mol. The molecule has 1 aromatic carbocycles. The molecule has 1 amide bonds. The van der Waals surface area contributed by atoms with E-state index in [-0.39, 0.29) is 12.3 Å². The van der Waals surface area contributed by atoms with Gasteiger partial charge in [0.15, 0.2) is 0 Å². The summed E-state index contributed by atoms with van der Waals surface area (Å²) in [6.45, 7) is 0. The van der Waals surface area contributed by atoms with Gasteiger partial charge in [-0.2, -0.15) is 5.26 Å². The number of nitrogens with one attached hydrogen (secondary N) is 1. The van der Waals surface area contributed by atoms with Crippen LogP contribution in [0, 0.1) is 11.3 Å². The lowest BCUT2D eigenvalue weighted by Gasteiger charge is -2.18. The summed E-state index contributed by atoms with van der Waals surface area (Å²) >= 11 is 0. The Hall–Kier alpha value is -2.81. The second kappa shape index (κ2) is 6.57. The zero-order valence-electron chi connectivity index (χ0n) is 11.9. The summed E-state index contributed by atoms with van der Waals surface area (Å²) in [5, 5.41) is 11.5. The van der Waals surface area contributed by atoms with Crippen LogP contribution in [0.1, 0.15) is 23.9 Å². The molecule has 2 rings (SSSR count). The van der Waals surface area contributed by atoms with Crippen LogP contribution in [0.4, 0.5) is 0 Å². The second-order valence-electron chi connectivity index (χ2n) is 4.50. The summed E-state index contributed by atoms with van der Waals surface area (Å²) in [5.41, 5.74) is 0.872. The second-order valence-corrected chi connectivity index (χ2v) is 4.50. The average molecular weight is 284 g/mol. The van der Waals surface area contributed by atoms with E-state index in [0.717, 1.165) is 11.3 Å². The molecule has 0 spiro atoms. The Kier molecular flexibility index (Phi) is 4.57. The van der Waals surface area contributed by atoms with Crippen LogP contribution in [0.25, 0.3) is 0 Å². The van der Waals surface area contributed by atoms with E-state index < -0.39 is 6.04 Å². The van der Waals surface area contributed by atoms with Crippen LogP contribution in [-0.2, 0) is 11.8 Å². The summed E-state index contributed by atoms with van der Waals surface area (Å²) in [7, 11) is 3.45. The van der Waals surface area contributed by atoms with E-state index in [1.807, 2.05) is 48.1 Å². The highest BCUT2D eigenvalue weighted by Crippen LogP contribution is 2.23. The average Bonchev–Trinajstić information content (AvgIpc) is 2.91. The van der Waals surface area contributed by atoms with Crippen molar-refractivity contribution in [2.45, 2.75) is 12.5 Å². The van der Waals surface area contributed by atoms with Gasteiger partial charge in [0.1, 0.15) is 24.0 Å². The summed E-state index contributed by atoms with van der Waals surface area (Å²) in [6.07, 6.45) is 3.29. The van der Waals surface area contributed by atoms with Crippen LogP contribution in [0.15, 0.2) is 36.7 Å². The Morgan fingerprint density at radius 2 is 2.19 bits per heavy atom. The van der Waals surface area contributed by atoms with E-state index in [1.165, 1.54) is 0 Å².